The summed E-state index contributed by atoms with van der Waals surface area (Å²) in [5, 5.41) is 4.06. The molecular weight excluding hydrogens is 430 g/mol. The van der Waals surface area contributed by atoms with E-state index in [-0.39, 0.29) is 29.0 Å². The predicted octanol–water partition coefficient (Wildman–Crippen LogP) is 3.58. The predicted molar refractivity (Wildman–Crippen MR) is 118 cm³/mol. The molecule has 4 rings (SSSR count). The molecule has 1 atom stereocenters. The van der Waals surface area contributed by atoms with E-state index in [1.54, 1.807) is 17.0 Å². The second-order valence-corrected chi connectivity index (χ2v) is 9.92. The van der Waals surface area contributed by atoms with Crippen molar-refractivity contribution >= 4 is 15.7 Å². The standard InChI is InChI=1S/C23H25N3O5S/c1-16-5-7-17(8-6-16)22-24-23(31-25-22)20-4-3-14-26(20)21(27)13-15-32(28,29)19-11-9-18(30-2)10-12-19/h5-12,20H,3-4,13-15H2,1-2H3. The molecule has 0 radical (unpaired) electrons. The van der Waals surface area contributed by atoms with Crippen molar-refractivity contribution in [1.82, 2.24) is 15.0 Å². The highest BCUT2D eigenvalue weighted by Crippen LogP contribution is 2.32. The van der Waals surface area contributed by atoms with Crippen molar-refractivity contribution in [1.29, 1.82) is 0 Å². The van der Waals surface area contributed by atoms with Crippen molar-refractivity contribution in [2.75, 3.05) is 19.4 Å². The number of carbonyl (C=O) groups is 1. The molecule has 1 saturated heterocycles. The van der Waals surface area contributed by atoms with Gasteiger partial charge in [0.2, 0.25) is 17.6 Å². The van der Waals surface area contributed by atoms with E-state index in [0.29, 0.717) is 30.4 Å². The van der Waals surface area contributed by atoms with Crippen molar-refractivity contribution in [2.24, 2.45) is 0 Å². The van der Waals surface area contributed by atoms with Gasteiger partial charge in [0.25, 0.3) is 0 Å². The molecule has 1 unspecified atom stereocenters. The smallest absolute Gasteiger partial charge is 0.249 e. The summed E-state index contributed by atoms with van der Waals surface area (Å²) in [5.41, 5.74) is 1.97. The van der Waals surface area contributed by atoms with Crippen molar-refractivity contribution in [2.45, 2.75) is 37.1 Å². The molecule has 1 aliphatic rings. The number of nitrogens with zero attached hydrogens (tertiary/aromatic N) is 3. The minimum atomic E-state index is -3.58. The van der Waals surface area contributed by atoms with Gasteiger partial charge in [-0.25, -0.2) is 8.42 Å². The first kappa shape index (κ1) is 22.0. The molecule has 0 saturated carbocycles. The highest BCUT2D eigenvalue weighted by atomic mass is 32.2. The van der Waals surface area contributed by atoms with E-state index in [2.05, 4.69) is 10.1 Å². The third-order valence-electron chi connectivity index (χ3n) is 5.61. The Morgan fingerprint density at radius 1 is 1.16 bits per heavy atom. The van der Waals surface area contributed by atoms with Gasteiger partial charge < -0.3 is 14.2 Å². The largest absolute Gasteiger partial charge is 0.497 e. The summed E-state index contributed by atoms with van der Waals surface area (Å²) >= 11 is 0. The van der Waals surface area contributed by atoms with E-state index < -0.39 is 9.84 Å². The molecule has 32 heavy (non-hydrogen) atoms. The van der Waals surface area contributed by atoms with E-state index in [1.807, 2.05) is 31.2 Å². The van der Waals surface area contributed by atoms with Gasteiger partial charge in [-0.3, -0.25) is 4.79 Å². The Kier molecular flexibility index (Phi) is 6.27. The number of rotatable bonds is 7. The Morgan fingerprint density at radius 2 is 1.88 bits per heavy atom. The number of methoxy groups -OCH3 is 1. The van der Waals surface area contributed by atoms with Gasteiger partial charge in [0.05, 0.1) is 17.8 Å². The molecule has 1 aliphatic heterocycles. The van der Waals surface area contributed by atoms with Crippen LogP contribution in [0.25, 0.3) is 11.4 Å². The van der Waals surface area contributed by atoms with Gasteiger partial charge >= 0.3 is 0 Å². The summed E-state index contributed by atoms with van der Waals surface area (Å²) in [6.07, 6.45) is 1.39. The fraction of sp³-hybridized carbons (Fsp3) is 0.348. The lowest BCUT2D eigenvalue weighted by Crippen LogP contribution is -2.32. The fourth-order valence-corrected chi connectivity index (χ4v) is 5.01. The van der Waals surface area contributed by atoms with E-state index in [9.17, 15) is 13.2 Å². The summed E-state index contributed by atoms with van der Waals surface area (Å²) in [5.74, 6) is 0.926. The molecule has 2 heterocycles. The minimum Gasteiger partial charge on any atom is -0.497 e. The molecule has 9 heteroatoms. The van der Waals surface area contributed by atoms with Gasteiger partial charge in [0.1, 0.15) is 11.8 Å². The highest BCUT2D eigenvalue weighted by molar-refractivity contribution is 7.91. The summed E-state index contributed by atoms with van der Waals surface area (Å²) in [6, 6.07) is 13.6. The van der Waals surface area contributed by atoms with Crippen LogP contribution in [0.5, 0.6) is 5.75 Å². The number of ether oxygens (including phenoxy) is 1. The zero-order valence-electron chi connectivity index (χ0n) is 18.0. The Labute approximate surface area is 187 Å². The molecule has 1 aromatic heterocycles. The van der Waals surface area contributed by atoms with Crippen LogP contribution in [0.15, 0.2) is 57.9 Å². The Bertz CT molecular complexity index is 1190. The first-order valence-electron chi connectivity index (χ1n) is 10.4. The average Bonchev–Trinajstić information content (AvgIpc) is 3.48. The molecule has 3 aromatic rings. The minimum absolute atomic E-state index is 0.107. The number of hydrogen-bond acceptors (Lipinski definition) is 7. The van der Waals surface area contributed by atoms with E-state index in [1.165, 1.54) is 19.2 Å². The maximum atomic E-state index is 12.9. The van der Waals surface area contributed by atoms with Gasteiger partial charge in [0.15, 0.2) is 9.84 Å². The lowest BCUT2D eigenvalue weighted by atomic mass is 10.1. The van der Waals surface area contributed by atoms with E-state index in [0.717, 1.165) is 17.5 Å². The summed E-state index contributed by atoms with van der Waals surface area (Å²) in [6.45, 7) is 2.54. The number of carbonyl (C=O) groups excluding carboxylic acids is 1. The number of sulfone groups is 1. The van der Waals surface area contributed by atoms with Crippen LogP contribution >= 0.6 is 0 Å². The third kappa shape index (κ3) is 4.67. The molecule has 8 nitrogen and oxygen atoms in total. The van der Waals surface area contributed by atoms with Crippen molar-refractivity contribution < 1.29 is 22.5 Å². The van der Waals surface area contributed by atoms with Crippen LogP contribution in [-0.2, 0) is 14.6 Å². The van der Waals surface area contributed by atoms with Gasteiger partial charge in [-0.15, -0.1) is 0 Å². The Balaban J connectivity index is 1.43. The molecule has 0 bridgehead atoms. The topological polar surface area (TPSA) is 103 Å². The number of aromatic nitrogens is 2. The van der Waals surface area contributed by atoms with Gasteiger partial charge in [-0.1, -0.05) is 35.0 Å². The summed E-state index contributed by atoms with van der Waals surface area (Å²) in [4.78, 5) is 19.2. The lowest BCUT2D eigenvalue weighted by Gasteiger charge is -2.21. The van der Waals surface area contributed by atoms with Crippen LogP contribution in [0.3, 0.4) is 0 Å². The van der Waals surface area contributed by atoms with Crippen LogP contribution in [-0.4, -0.2) is 48.8 Å². The zero-order chi connectivity index (χ0) is 22.7. The maximum Gasteiger partial charge on any atom is 0.249 e. The Hall–Kier alpha value is -3.20. The average molecular weight is 456 g/mol. The SMILES string of the molecule is COc1ccc(S(=O)(=O)CCC(=O)N2CCCC2c2nc(-c3ccc(C)cc3)no2)cc1. The number of hydrogen-bond donors (Lipinski definition) is 0. The van der Waals surface area contributed by atoms with Crippen LogP contribution in [0.2, 0.25) is 0 Å². The van der Waals surface area contributed by atoms with Crippen molar-refractivity contribution in [3.05, 3.63) is 60.0 Å². The quantitative estimate of drug-likeness (QED) is 0.536. The molecule has 0 spiro atoms. The lowest BCUT2D eigenvalue weighted by molar-refractivity contribution is -0.132. The van der Waals surface area contributed by atoms with Gasteiger partial charge in [0, 0.05) is 18.5 Å². The van der Waals surface area contributed by atoms with Crippen LogP contribution < -0.4 is 4.74 Å². The van der Waals surface area contributed by atoms with Gasteiger partial charge in [-0.05, 0) is 44.0 Å². The molecule has 1 amide bonds. The fourth-order valence-electron chi connectivity index (χ4n) is 3.78. The summed E-state index contributed by atoms with van der Waals surface area (Å²) < 4.78 is 35.8. The Morgan fingerprint density at radius 3 is 2.56 bits per heavy atom. The zero-order valence-corrected chi connectivity index (χ0v) is 18.8. The van der Waals surface area contributed by atoms with Crippen LogP contribution in [0.1, 0.15) is 36.8 Å². The second kappa shape index (κ2) is 9.12. The first-order valence-corrected chi connectivity index (χ1v) is 12.1. The molecule has 0 aliphatic carbocycles. The number of amides is 1. The van der Waals surface area contributed by atoms with E-state index >= 15 is 0 Å². The number of benzene rings is 2. The van der Waals surface area contributed by atoms with Crippen LogP contribution in [0.4, 0.5) is 0 Å². The molecule has 0 N–H and O–H groups in total. The first-order chi connectivity index (χ1) is 15.4. The number of aryl methyl sites for hydroxylation is 1. The van der Waals surface area contributed by atoms with Gasteiger partial charge in [-0.2, -0.15) is 4.98 Å². The second-order valence-electron chi connectivity index (χ2n) is 7.81. The molecule has 2 aromatic carbocycles. The van der Waals surface area contributed by atoms with Crippen molar-refractivity contribution in [3.63, 3.8) is 0 Å². The monoisotopic (exact) mass is 455 g/mol. The normalized spacial score (nSPS) is 16.3. The van der Waals surface area contributed by atoms with Crippen molar-refractivity contribution in [3.8, 4) is 17.1 Å². The molecule has 168 valence electrons. The highest BCUT2D eigenvalue weighted by Gasteiger charge is 2.34. The van der Waals surface area contributed by atoms with E-state index in [4.69, 9.17) is 9.26 Å². The molecular formula is C23H25N3O5S. The molecule has 1 fully saturated rings. The maximum absolute atomic E-state index is 12.9. The summed E-state index contributed by atoms with van der Waals surface area (Å²) in [7, 11) is -2.07. The van der Waals surface area contributed by atoms with Crippen LogP contribution in [0, 0.1) is 6.92 Å². The number of likely N-dealkylation sites (tertiary alicyclic amines) is 1. The third-order valence-corrected chi connectivity index (χ3v) is 7.34.